The topological polar surface area (TPSA) is 34.1 Å². The van der Waals surface area contributed by atoms with Gasteiger partial charge in [-0.3, -0.25) is 9.59 Å². The van der Waals surface area contributed by atoms with E-state index in [0.717, 1.165) is 15.3 Å². The maximum atomic E-state index is 10.9. The van der Waals surface area contributed by atoms with E-state index < -0.39 is 0 Å². The van der Waals surface area contributed by atoms with Gasteiger partial charge in [0.05, 0.1) is 5.57 Å². The Morgan fingerprint density at radius 3 is 1.75 bits per heavy atom. The van der Waals surface area contributed by atoms with Crippen LogP contribution in [-0.4, -0.2) is 12.6 Å². The number of rotatable bonds is 4. The van der Waals surface area contributed by atoms with Crippen LogP contribution in [0.15, 0.2) is 40.6 Å². The summed E-state index contributed by atoms with van der Waals surface area (Å²) in [6.07, 6.45) is 1.23. The molecule has 0 aliphatic carbocycles. The fraction of sp³-hybridized carbons (Fsp3) is 0. The van der Waals surface area contributed by atoms with Gasteiger partial charge in [-0.25, -0.2) is 0 Å². The van der Waals surface area contributed by atoms with E-state index in [1.165, 1.54) is 22.7 Å². The number of aldehydes is 2. The number of hydrogen-bond acceptors (Lipinski definition) is 4. The Morgan fingerprint density at radius 2 is 1.44 bits per heavy atom. The first kappa shape index (κ1) is 11.0. The Bertz CT molecular complexity index is 461. The molecule has 0 fully saturated rings. The van der Waals surface area contributed by atoms with Crippen molar-refractivity contribution in [1.29, 1.82) is 0 Å². The molecule has 2 aromatic rings. The van der Waals surface area contributed by atoms with Crippen LogP contribution in [0.25, 0.3) is 5.57 Å². The van der Waals surface area contributed by atoms with E-state index in [2.05, 4.69) is 0 Å². The predicted octanol–water partition coefficient (Wildman–Crippen LogP) is 3.01. The molecule has 0 unspecified atom stereocenters. The van der Waals surface area contributed by atoms with Crippen molar-refractivity contribution >= 4 is 40.8 Å². The van der Waals surface area contributed by atoms with Crippen LogP contribution in [0.4, 0.5) is 0 Å². The van der Waals surface area contributed by atoms with Gasteiger partial charge >= 0.3 is 0 Å². The smallest absolute Gasteiger partial charge is 0.154 e. The van der Waals surface area contributed by atoms with Crippen LogP contribution in [0.3, 0.4) is 0 Å². The quantitative estimate of drug-likeness (QED) is 0.361. The summed E-state index contributed by atoms with van der Waals surface area (Å²) in [4.78, 5) is 23.7. The molecule has 2 nitrogen and oxygen atoms in total. The predicted molar refractivity (Wildman–Crippen MR) is 66.8 cm³/mol. The molecule has 0 radical (unpaired) electrons. The molecule has 0 N–H and O–H groups in total. The highest BCUT2D eigenvalue weighted by molar-refractivity contribution is 7.13. The molecule has 4 heteroatoms. The Balaban J connectivity index is 2.63. The third-order valence-corrected chi connectivity index (χ3v) is 3.85. The molecule has 80 valence electrons. The van der Waals surface area contributed by atoms with Crippen molar-refractivity contribution < 1.29 is 9.59 Å². The van der Waals surface area contributed by atoms with E-state index in [0.29, 0.717) is 12.6 Å². The Labute approximate surface area is 101 Å². The number of allylic oxidation sites excluding steroid dienone is 1. The van der Waals surface area contributed by atoms with E-state index in [1.54, 1.807) is 0 Å². The number of thiophene rings is 2. The third-order valence-electron chi connectivity index (χ3n) is 2.08. The van der Waals surface area contributed by atoms with Crippen molar-refractivity contribution in [2.45, 2.75) is 0 Å². The lowest BCUT2D eigenvalue weighted by Crippen LogP contribution is -1.93. The van der Waals surface area contributed by atoms with Gasteiger partial charge in [-0.15, -0.1) is 22.7 Å². The molecule has 2 aromatic heterocycles. The molecule has 0 amide bonds. The average Bonchev–Trinajstić information content (AvgIpc) is 2.98. The van der Waals surface area contributed by atoms with Gasteiger partial charge in [-0.2, -0.15) is 0 Å². The minimum absolute atomic E-state index is 0.199. The SMILES string of the molecule is O=CC(C=O)=C(c1cccs1)c1cccs1. The molecule has 0 atom stereocenters. The zero-order chi connectivity index (χ0) is 11.4. The van der Waals surface area contributed by atoms with Crippen molar-refractivity contribution in [3.8, 4) is 0 Å². The molecule has 0 aliphatic heterocycles. The molecule has 2 rings (SSSR count). The van der Waals surface area contributed by atoms with Gasteiger partial charge in [-0.1, -0.05) is 12.1 Å². The van der Waals surface area contributed by atoms with Crippen molar-refractivity contribution in [2.75, 3.05) is 0 Å². The molecular weight excluding hydrogens is 240 g/mol. The maximum Gasteiger partial charge on any atom is 0.154 e. The lowest BCUT2D eigenvalue weighted by atomic mass is 10.1. The summed E-state index contributed by atoms with van der Waals surface area (Å²) in [5, 5.41) is 3.85. The first-order valence-electron chi connectivity index (χ1n) is 4.59. The van der Waals surface area contributed by atoms with Crippen molar-refractivity contribution in [3.05, 3.63) is 50.4 Å². The highest BCUT2D eigenvalue weighted by atomic mass is 32.1. The molecular formula is C12H8O2S2. The highest BCUT2D eigenvalue weighted by Gasteiger charge is 2.12. The van der Waals surface area contributed by atoms with Gasteiger partial charge in [0, 0.05) is 15.3 Å². The summed E-state index contributed by atoms with van der Waals surface area (Å²) in [6.45, 7) is 0. The molecule has 0 aliphatic rings. The van der Waals surface area contributed by atoms with Gasteiger partial charge in [-0.05, 0) is 22.9 Å². The van der Waals surface area contributed by atoms with Crippen LogP contribution in [0.2, 0.25) is 0 Å². The lowest BCUT2D eigenvalue weighted by Gasteiger charge is -2.03. The van der Waals surface area contributed by atoms with Crippen LogP contribution in [0.1, 0.15) is 9.75 Å². The van der Waals surface area contributed by atoms with E-state index >= 15 is 0 Å². The standard InChI is InChI=1S/C12H8O2S2/c13-7-9(8-14)12(10-3-1-5-15-10)11-4-2-6-16-11/h1-8H. The fourth-order valence-electron chi connectivity index (χ4n) is 1.39. The fourth-order valence-corrected chi connectivity index (χ4v) is 3.07. The second-order valence-corrected chi connectivity index (χ2v) is 4.92. The highest BCUT2D eigenvalue weighted by Crippen LogP contribution is 2.31. The largest absolute Gasteiger partial charge is 0.298 e. The van der Waals surface area contributed by atoms with E-state index in [-0.39, 0.29) is 5.57 Å². The van der Waals surface area contributed by atoms with E-state index in [1.807, 2.05) is 35.0 Å². The van der Waals surface area contributed by atoms with Gasteiger partial charge in [0.1, 0.15) is 0 Å². The summed E-state index contributed by atoms with van der Waals surface area (Å²) in [7, 11) is 0. The zero-order valence-corrected chi connectivity index (χ0v) is 9.88. The number of carbonyl (C=O) groups is 2. The molecule has 2 heterocycles. The molecule has 0 spiro atoms. The first-order valence-corrected chi connectivity index (χ1v) is 6.35. The Morgan fingerprint density at radius 1 is 0.938 bits per heavy atom. The lowest BCUT2D eigenvalue weighted by molar-refractivity contribution is -0.109. The maximum absolute atomic E-state index is 10.9. The van der Waals surface area contributed by atoms with Crippen LogP contribution >= 0.6 is 22.7 Å². The van der Waals surface area contributed by atoms with Gasteiger partial charge in [0.25, 0.3) is 0 Å². The summed E-state index contributed by atoms with van der Waals surface area (Å²) in [5.74, 6) is 0. The second-order valence-electron chi connectivity index (χ2n) is 3.02. The van der Waals surface area contributed by atoms with E-state index in [9.17, 15) is 9.59 Å². The normalized spacial score (nSPS) is 9.75. The average molecular weight is 248 g/mol. The monoisotopic (exact) mass is 248 g/mol. The first-order chi connectivity index (χ1) is 7.86. The van der Waals surface area contributed by atoms with Gasteiger partial charge in [0.15, 0.2) is 12.6 Å². The molecule has 16 heavy (non-hydrogen) atoms. The van der Waals surface area contributed by atoms with Gasteiger partial charge in [0.2, 0.25) is 0 Å². The number of carbonyl (C=O) groups excluding carboxylic acids is 2. The van der Waals surface area contributed by atoms with Crippen molar-refractivity contribution in [2.24, 2.45) is 0 Å². The minimum atomic E-state index is 0.199. The molecule has 0 aromatic carbocycles. The van der Waals surface area contributed by atoms with Crippen molar-refractivity contribution in [1.82, 2.24) is 0 Å². The van der Waals surface area contributed by atoms with Crippen LogP contribution < -0.4 is 0 Å². The third kappa shape index (κ3) is 2.03. The number of hydrogen-bond donors (Lipinski definition) is 0. The molecule has 0 bridgehead atoms. The summed E-state index contributed by atoms with van der Waals surface area (Å²) < 4.78 is 0. The minimum Gasteiger partial charge on any atom is -0.298 e. The van der Waals surface area contributed by atoms with Crippen LogP contribution in [-0.2, 0) is 9.59 Å². The molecule has 0 saturated heterocycles. The summed E-state index contributed by atoms with van der Waals surface area (Å²) in [5.41, 5.74) is 0.930. The Kier molecular flexibility index (Phi) is 3.44. The zero-order valence-electron chi connectivity index (χ0n) is 8.25. The second kappa shape index (κ2) is 5.01. The molecule has 0 saturated carbocycles. The van der Waals surface area contributed by atoms with Crippen molar-refractivity contribution in [3.63, 3.8) is 0 Å². The summed E-state index contributed by atoms with van der Waals surface area (Å²) >= 11 is 3.04. The van der Waals surface area contributed by atoms with E-state index in [4.69, 9.17) is 0 Å². The summed E-state index contributed by atoms with van der Waals surface area (Å²) in [6, 6.07) is 7.63. The van der Waals surface area contributed by atoms with Crippen LogP contribution in [0.5, 0.6) is 0 Å². The van der Waals surface area contributed by atoms with Gasteiger partial charge < -0.3 is 0 Å². The van der Waals surface area contributed by atoms with Crippen LogP contribution in [0, 0.1) is 0 Å². The Hall–Kier alpha value is -1.52.